The summed E-state index contributed by atoms with van der Waals surface area (Å²) in [6, 6.07) is 22.5. The molecule has 51 heavy (non-hydrogen) atoms. The maximum absolute atomic E-state index is 13.6. The topological polar surface area (TPSA) is 67.4 Å². The van der Waals surface area contributed by atoms with Crippen LogP contribution in [0.3, 0.4) is 0 Å². The van der Waals surface area contributed by atoms with Crippen LogP contribution in [0.4, 0.5) is 8.78 Å². The Kier molecular flexibility index (Phi) is 11.4. The molecule has 3 aromatic carbocycles. The predicted molar refractivity (Wildman–Crippen MR) is 198 cm³/mol. The maximum Gasteiger partial charge on any atom is 0.277 e. The second-order valence-electron chi connectivity index (χ2n) is 13.9. The fourth-order valence-electron chi connectivity index (χ4n) is 7.19. The Labute approximate surface area is 302 Å². The number of likely N-dealkylation sites (N-methyl/N-ethyl adjacent to an activating group) is 1. The lowest BCUT2D eigenvalue weighted by molar-refractivity contribution is 0.186. The molecule has 0 N–H and O–H groups in total. The number of piperidine rings is 1. The van der Waals surface area contributed by atoms with Crippen LogP contribution in [0.25, 0.3) is 11.1 Å². The standard InChI is InChI=1S/C41H45F2N5O2S/c1-46(22-23-47-20-3-2-4-21-47)27-39-36(24-29-8-14-32(15-9-29)33-16-10-30(25-42)11-17-33)37(45-50-39)26-48-38-7-5-6-35(38)40(49)44-41(48)51-28-31-12-18-34(43)19-13-31/h8-19H,2-7,20-28H2,1H3. The third kappa shape index (κ3) is 8.68. The Morgan fingerprint density at radius 2 is 1.55 bits per heavy atom. The molecule has 1 aliphatic carbocycles. The van der Waals surface area contributed by atoms with Gasteiger partial charge in [0.05, 0.1) is 13.1 Å². The molecule has 0 atom stereocenters. The first-order valence-electron chi connectivity index (χ1n) is 18.0. The van der Waals surface area contributed by atoms with E-state index in [4.69, 9.17) is 4.52 Å². The van der Waals surface area contributed by atoms with Crippen molar-refractivity contribution in [3.05, 3.63) is 134 Å². The third-order valence-corrected chi connectivity index (χ3v) is 11.2. The van der Waals surface area contributed by atoms with Gasteiger partial charge in [-0.1, -0.05) is 84.0 Å². The molecule has 7 nitrogen and oxygen atoms in total. The number of rotatable bonds is 14. The number of benzene rings is 3. The molecule has 1 aliphatic heterocycles. The van der Waals surface area contributed by atoms with Crippen molar-refractivity contribution in [3.63, 3.8) is 0 Å². The summed E-state index contributed by atoms with van der Waals surface area (Å²) in [6.07, 6.45) is 6.96. The van der Waals surface area contributed by atoms with Gasteiger partial charge in [0.25, 0.3) is 5.56 Å². The molecule has 7 rings (SSSR count). The smallest absolute Gasteiger partial charge is 0.277 e. The highest BCUT2D eigenvalue weighted by atomic mass is 32.2. The molecule has 3 heterocycles. The minimum atomic E-state index is -0.470. The first kappa shape index (κ1) is 35.3. The molecular formula is C41H45F2N5O2S. The van der Waals surface area contributed by atoms with E-state index in [1.54, 1.807) is 12.1 Å². The van der Waals surface area contributed by atoms with Crippen LogP contribution in [-0.2, 0) is 44.8 Å². The summed E-state index contributed by atoms with van der Waals surface area (Å²) >= 11 is 1.49. The molecule has 2 aromatic heterocycles. The van der Waals surface area contributed by atoms with E-state index < -0.39 is 6.67 Å². The average Bonchev–Trinajstić information content (AvgIpc) is 3.80. The quantitative estimate of drug-likeness (QED) is 0.0860. The molecule has 5 aromatic rings. The Hall–Kier alpha value is -4.12. The van der Waals surface area contributed by atoms with Crippen molar-refractivity contribution in [1.82, 2.24) is 24.5 Å². The Morgan fingerprint density at radius 1 is 0.863 bits per heavy atom. The van der Waals surface area contributed by atoms with E-state index in [0.717, 1.165) is 82.9 Å². The van der Waals surface area contributed by atoms with Crippen LogP contribution < -0.4 is 5.56 Å². The highest BCUT2D eigenvalue weighted by Crippen LogP contribution is 2.30. The van der Waals surface area contributed by atoms with Crippen LogP contribution >= 0.6 is 11.8 Å². The van der Waals surface area contributed by atoms with Crippen LogP contribution in [0, 0.1) is 5.82 Å². The number of aromatic nitrogens is 3. The Balaban J connectivity index is 1.17. The first-order valence-corrected chi connectivity index (χ1v) is 19.0. The number of halogens is 2. The lowest BCUT2D eigenvalue weighted by Gasteiger charge is -2.28. The third-order valence-electron chi connectivity index (χ3n) is 10.2. The zero-order valence-electron chi connectivity index (χ0n) is 29.3. The number of hydrogen-bond donors (Lipinski definition) is 0. The van der Waals surface area contributed by atoms with Gasteiger partial charge in [-0.25, -0.2) is 8.78 Å². The van der Waals surface area contributed by atoms with Crippen LogP contribution in [0.15, 0.2) is 87.3 Å². The van der Waals surface area contributed by atoms with Gasteiger partial charge >= 0.3 is 0 Å². The van der Waals surface area contributed by atoms with Gasteiger partial charge in [-0.2, -0.15) is 4.98 Å². The molecule has 266 valence electrons. The monoisotopic (exact) mass is 709 g/mol. The zero-order chi connectivity index (χ0) is 35.2. The van der Waals surface area contributed by atoms with E-state index in [1.165, 1.54) is 56.2 Å². The predicted octanol–water partition coefficient (Wildman–Crippen LogP) is 7.84. The highest BCUT2D eigenvalue weighted by Gasteiger charge is 2.25. The van der Waals surface area contributed by atoms with Crippen molar-refractivity contribution in [2.75, 3.05) is 33.2 Å². The molecule has 2 aliphatic rings. The number of likely N-dealkylation sites (tertiary alicyclic amines) is 1. The van der Waals surface area contributed by atoms with Crippen molar-refractivity contribution >= 4 is 11.8 Å². The van der Waals surface area contributed by atoms with Gasteiger partial charge in [0, 0.05) is 42.1 Å². The minimum absolute atomic E-state index is 0.156. The molecule has 0 radical (unpaired) electrons. The summed E-state index contributed by atoms with van der Waals surface area (Å²) in [4.78, 5) is 22.5. The second kappa shape index (κ2) is 16.5. The molecule has 1 saturated heterocycles. The number of nitrogens with zero attached hydrogens (tertiary/aromatic N) is 5. The number of thioether (sulfide) groups is 1. The largest absolute Gasteiger partial charge is 0.359 e. The zero-order valence-corrected chi connectivity index (χ0v) is 30.1. The summed E-state index contributed by atoms with van der Waals surface area (Å²) < 4.78 is 35.0. The fourth-order valence-corrected chi connectivity index (χ4v) is 8.16. The molecule has 0 bridgehead atoms. The molecule has 0 amide bonds. The van der Waals surface area contributed by atoms with Gasteiger partial charge in [-0.3, -0.25) is 9.69 Å². The van der Waals surface area contributed by atoms with Crippen LogP contribution in [0.5, 0.6) is 0 Å². The molecule has 0 spiro atoms. The second-order valence-corrected chi connectivity index (χ2v) is 14.8. The number of fused-ring (bicyclic) bond motifs is 1. The molecule has 1 fully saturated rings. The maximum atomic E-state index is 13.6. The number of alkyl halides is 1. The molecule has 10 heteroatoms. The molecule has 0 unspecified atom stereocenters. The van der Waals surface area contributed by atoms with E-state index in [2.05, 4.69) is 55.8 Å². The van der Waals surface area contributed by atoms with Gasteiger partial charge in [0.2, 0.25) is 0 Å². The summed E-state index contributed by atoms with van der Waals surface area (Å²) in [5, 5.41) is 5.33. The van der Waals surface area contributed by atoms with Crippen LogP contribution in [0.1, 0.15) is 70.6 Å². The van der Waals surface area contributed by atoms with Crippen molar-refractivity contribution < 1.29 is 13.3 Å². The van der Waals surface area contributed by atoms with Crippen molar-refractivity contribution in [2.45, 2.75) is 75.6 Å². The van der Waals surface area contributed by atoms with Crippen LogP contribution in [0.2, 0.25) is 0 Å². The average molecular weight is 710 g/mol. The van der Waals surface area contributed by atoms with E-state index in [1.807, 2.05) is 24.3 Å². The highest BCUT2D eigenvalue weighted by molar-refractivity contribution is 7.98. The van der Waals surface area contributed by atoms with E-state index >= 15 is 0 Å². The van der Waals surface area contributed by atoms with Gasteiger partial charge in [-0.15, -0.1) is 0 Å². The van der Waals surface area contributed by atoms with Gasteiger partial charge in [-0.05, 0) is 92.2 Å². The fraction of sp³-hybridized carbons (Fsp3) is 0.390. The minimum Gasteiger partial charge on any atom is -0.359 e. The van der Waals surface area contributed by atoms with Gasteiger partial charge in [0.1, 0.15) is 18.2 Å². The van der Waals surface area contributed by atoms with Gasteiger partial charge < -0.3 is 14.0 Å². The Bertz CT molecular complexity index is 1970. The number of hydrogen-bond acceptors (Lipinski definition) is 7. The molecule has 0 saturated carbocycles. The summed E-state index contributed by atoms with van der Waals surface area (Å²) in [6.45, 7) is 4.92. The van der Waals surface area contributed by atoms with Gasteiger partial charge in [0.15, 0.2) is 10.9 Å². The van der Waals surface area contributed by atoms with Crippen molar-refractivity contribution in [1.29, 1.82) is 0 Å². The summed E-state index contributed by atoms with van der Waals surface area (Å²) in [5.74, 6) is 1.14. The van der Waals surface area contributed by atoms with E-state index in [0.29, 0.717) is 36.0 Å². The Morgan fingerprint density at radius 3 is 2.25 bits per heavy atom. The van der Waals surface area contributed by atoms with E-state index in [-0.39, 0.29) is 11.4 Å². The summed E-state index contributed by atoms with van der Waals surface area (Å²) in [7, 11) is 2.14. The SMILES string of the molecule is CN(CCN1CCCCC1)Cc1onc(Cn2c(SCc3ccc(F)cc3)nc(=O)c3c2CCC3)c1Cc1ccc(-c2ccc(CF)cc2)cc1. The van der Waals surface area contributed by atoms with E-state index in [9.17, 15) is 13.6 Å². The van der Waals surface area contributed by atoms with Crippen LogP contribution in [-0.4, -0.2) is 57.7 Å². The van der Waals surface area contributed by atoms with Crippen molar-refractivity contribution in [2.24, 2.45) is 0 Å². The lowest BCUT2D eigenvalue weighted by Crippen LogP contribution is -2.36. The summed E-state index contributed by atoms with van der Waals surface area (Å²) in [5.41, 5.74) is 8.43. The normalized spacial score (nSPS) is 14.7. The first-order chi connectivity index (χ1) is 24.9. The van der Waals surface area contributed by atoms with Crippen molar-refractivity contribution in [3.8, 4) is 11.1 Å². The lowest BCUT2D eigenvalue weighted by atomic mass is 9.98. The molecular weight excluding hydrogens is 665 g/mol.